The van der Waals surface area contributed by atoms with Gasteiger partial charge in [-0.15, -0.1) is 0 Å². The Hall–Kier alpha value is -0.450. The summed E-state index contributed by atoms with van der Waals surface area (Å²) in [7, 11) is 1.70. The van der Waals surface area contributed by atoms with Crippen molar-refractivity contribution in [3.05, 3.63) is 0 Å². The lowest BCUT2D eigenvalue weighted by atomic mass is 9.91. The summed E-state index contributed by atoms with van der Waals surface area (Å²) >= 11 is 0. The van der Waals surface area contributed by atoms with Crippen molar-refractivity contribution >= 4 is 6.29 Å². The molecule has 0 unspecified atom stereocenters. The van der Waals surface area contributed by atoms with E-state index in [4.69, 9.17) is 14.2 Å². The van der Waals surface area contributed by atoms with Gasteiger partial charge < -0.3 is 19.0 Å². The molecule has 0 amide bonds. The molecule has 3 fully saturated rings. The van der Waals surface area contributed by atoms with Gasteiger partial charge in [-0.05, 0) is 18.3 Å². The van der Waals surface area contributed by atoms with Crippen LogP contribution in [0.5, 0.6) is 0 Å². The third kappa shape index (κ3) is 2.24. The molecule has 4 nitrogen and oxygen atoms in total. The molecule has 3 rings (SSSR count). The van der Waals surface area contributed by atoms with E-state index < -0.39 is 5.79 Å². The fraction of sp³-hybridized carbons (Fsp3) is 0.933. The van der Waals surface area contributed by atoms with Crippen molar-refractivity contribution in [1.29, 1.82) is 0 Å². The van der Waals surface area contributed by atoms with Gasteiger partial charge in [-0.3, -0.25) is 0 Å². The van der Waals surface area contributed by atoms with Crippen molar-refractivity contribution in [2.45, 2.75) is 45.0 Å². The van der Waals surface area contributed by atoms with Crippen molar-refractivity contribution in [2.24, 2.45) is 23.2 Å². The average molecular weight is 268 g/mol. The SMILES string of the molecule is CO[C@@H]1C[C@@H]2CC3(C[C@@H]2[C@H]1C=O)OCC(C)(C)CO3. The molecule has 2 saturated carbocycles. The van der Waals surface area contributed by atoms with Crippen LogP contribution in [0.1, 0.15) is 33.1 Å². The van der Waals surface area contributed by atoms with Crippen molar-refractivity contribution in [3.63, 3.8) is 0 Å². The third-order valence-corrected chi connectivity index (χ3v) is 5.10. The molecule has 1 spiro atoms. The Balaban J connectivity index is 1.71. The second-order valence-electron chi connectivity index (χ2n) is 7.21. The van der Waals surface area contributed by atoms with Crippen molar-refractivity contribution in [3.8, 4) is 0 Å². The molecule has 1 saturated heterocycles. The highest BCUT2D eigenvalue weighted by Crippen LogP contribution is 2.54. The molecule has 0 radical (unpaired) electrons. The molecule has 1 aliphatic heterocycles. The topological polar surface area (TPSA) is 44.8 Å². The van der Waals surface area contributed by atoms with Crippen molar-refractivity contribution < 1.29 is 19.0 Å². The first-order valence-electron chi connectivity index (χ1n) is 7.25. The molecule has 19 heavy (non-hydrogen) atoms. The largest absolute Gasteiger partial charge is 0.381 e. The fourth-order valence-electron chi connectivity index (χ4n) is 4.01. The molecule has 108 valence electrons. The number of fused-ring (bicyclic) bond motifs is 1. The molecule has 0 bridgehead atoms. The number of hydrogen-bond acceptors (Lipinski definition) is 4. The molecule has 2 aliphatic carbocycles. The number of aldehydes is 1. The lowest BCUT2D eigenvalue weighted by Gasteiger charge is -2.42. The van der Waals surface area contributed by atoms with Gasteiger partial charge in [-0.2, -0.15) is 0 Å². The van der Waals surface area contributed by atoms with Crippen LogP contribution in [0.2, 0.25) is 0 Å². The van der Waals surface area contributed by atoms with Gasteiger partial charge >= 0.3 is 0 Å². The number of methoxy groups -OCH3 is 1. The third-order valence-electron chi connectivity index (χ3n) is 5.10. The average Bonchev–Trinajstić information content (AvgIpc) is 2.87. The summed E-state index contributed by atoms with van der Waals surface area (Å²) in [5, 5.41) is 0. The van der Waals surface area contributed by atoms with E-state index in [-0.39, 0.29) is 17.4 Å². The molecule has 0 aromatic heterocycles. The van der Waals surface area contributed by atoms with Crippen LogP contribution in [-0.4, -0.2) is 38.5 Å². The smallest absolute Gasteiger partial charge is 0.168 e. The van der Waals surface area contributed by atoms with E-state index in [1.54, 1.807) is 7.11 Å². The molecule has 1 heterocycles. The van der Waals surface area contributed by atoms with Gasteiger partial charge in [-0.1, -0.05) is 13.8 Å². The predicted octanol–water partition coefficient (Wildman–Crippen LogP) is 2.02. The quantitative estimate of drug-likeness (QED) is 0.719. The van der Waals surface area contributed by atoms with Gasteiger partial charge in [0, 0.05) is 31.3 Å². The Morgan fingerprint density at radius 2 is 1.89 bits per heavy atom. The first-order chi connectivity index (χ1) is 8.99. The van der Waals surface area contributed by atoms with E-state index in [9.17, 15) is 4.79 Å². The molecule has 0 aromatic carbocycles. The number of hydrogen-bond donors (Lipinski definition) is 0. The number of ether oxygens (including phenoxy) is 3. The van der Waals surface area contributed by atoms with E-state index >= 15 is 0 Å². The monoisotopic (exact) mass is 268 g/mol. The Kier molecular flexibility index (Phi) is 3.23. The van der Waals surface area contributed by atoms with Crippen LogP contribution in [0, 0.1) is 23.2 Å². The number of carbonyl (C=O) groups excluding carboxylic acids is 1. The van der Waals surface area contributed by atoms with Crippen LogP contribution in [-0.2, 0) is 19.0 Å². The normalized spacial score (nSPS) is 43.3. The second-order valence-corrected chi connectivity index (χ2v) is 7.21. The molecule has 4 heteroatoms. The maximum Gasteiger partial charge on any atom is 0.168 e. The summed E-state index contributed by atoms with van der Waals surface area (Å²) in [6, 6.07) is 0. The van der Waals surface area contributed by atoms with Crippen LogP contribution in [0.25, 0.3) is 0 Å². The summed E-state index contributed by atoms with van der Waals surface area (Å²) < 4.78 is 17.6. The van der Waals surface area contributed by atoms with Gasteiger partial charge in [0.15, 0.2) is 5.79 Å². The van der Waals surface area contributed by atoms with E-state index in [1.807, 2.05) is 0 Å². The van der Waals surface area contributed by atoms with Gasteiger partial charge in [0.25, 0.3) is 0 Å². The molecule has 0 N–H and O–H groups in total. The molecule has 4 atom stereocenters. The Labute approximate surface area is 114 Å². The highest BCUT2D eigenvalue weighted by Gasteiger charge is 2.57. The predicted molar refractivity (Wildman–Crippen MR) is 69.6 cm³/mol. The zero-order valence-corrected chi connectivity index (χ0v) is 12.1. The van der Waals surface area contributed by atoms with Crippen LogP contribution in [0.4, 0.5) is 0 Å². The van der Waals surface area contributed by atoms with Crippen LogP contribution >= 0.6 is 0 Å². The van der Waals surface area contributed by atoms with Gasteiger partial charge in [-0.25, -0.2) is 0 Å². The fourth-order valence-corrected chi connectivity index (χ4v) is 4.01. The minimum atomic E-state index is -0.426. The summed E-state index contributed by atoms with van der Waals surface area (Å²) in [4.78, 5) is 11.3. The van der Waals surface area contributed by atoms with E-state index in [1.165, 1.54) is 0 Å². The molecule has 0 aromatic rings. The Morgan fingerprint density at radius 3 is 2.47 bits per heavy atom. The minimum Gasteiger partial charge on any atom is -0.381 e. The van der Waals surface area contributed by atoms with Gasteiger partial charge in [0.1, 0.15) is 6.29 Å². The zero-order valence-electron chi connectivity index (χ0n) is 12.1. The first kappa shape index (κ1) is 13.5. The van der Waals surface area contributed by atoms with Crippen LogP contribution in [0.15, 0.2) is 0 Å². The number of carbonyl (C=O) groups is 1. The standard InChI is InChI=1S/C15H24O4/c1-14(2)8-18-15(19-9-14)5-10-4-13(17-3)12(7-16)11(10)6-15/h7,10-13H,4-6,8-9H2,1-3H3/t10-,11+,12-,13-/m1/s1. The summed E-state index contributed by atoms with van der Waals surface area (Å²) in [6.45, 7) is 5.80. The van der Waals surface area contributed by atoms with Crippen molar-refractivity contribution in [1.82, 2.24) is 0 Å². The van der Waals surface area contributed by atoms with Gasteiger partial charge in [0.2, 0.25) is 0 Å². The van der Waals surface area contributed by atoms with E-state index in [0.717, 1.165) is 38.8 Å². The Bertz CT molecular complexity index is 355. The highest BCUT2D eigenvalue weighted by molar-refractivity contribution is 5.56. The van der Waals surface area contributed by atoms with E-state index in [2.05, 4.69) is 13.8 Å². The second kappa shape index (κ2) is 4.54. The Morgan fingerprint density at radius 1 is 1.21 bits per heavy atom. The minimum absolute atomic E-state index is 0.0107. The first-order valence-corrected chi connectivity index (χ1v) is 7.25. The zero-order chi connectivity index (χ0) is 13.7. The maximum absolute atomic E-state index is 11.3. The molecule has 3 aliphatic rings. The maximum atomic E-state index is 11.3. The summed E-state index contributed by atoms with van der Waals surface area (Å²) in [5.74, 6) is 0.451. The molecular weight excluding hydrogens is 244 g/mol. The van der Waals surface area contributed by atoms with Crippen LogP contribution in [0.3, 0.4) is 0 Å². The van der Waals surface area contributed by atoms with Crippen molar-refractivity contribution in [2.75, 3.05) is 20.3 Å². The van der Waals surface area contributed by atoms with Crippen LogP contribution < -0.4 is 0 Å². The summed E-state index contributed by atoms with van der Waals surface area (Å²) in [5.41, 5.74) is 0.0993. The lowest BCUT2D eigenvalue weighted by Crippen LogP contribution is -2.46. The van der Waals surface area contributed by atoms with Gasteiger partial charge in [0.05, 0.1) is 19.3 Å². The highest BCUT2D eigenvalue weighted by atomic mass is 16.7. The van der Waals surface area contributed by atoms with E-state index in [0.29, 0.717) is 11.8 Å². The number of rotatable bonds is 2. The summed E-state index contributed by atoms with van der Waals surface area (Å²) in [6.07, 6.45) is 3.88. The lowest BCUT2D eigenvalue weighted by molar-refractivity contribution is -0.298. The molecular formula is C15H24O4.